The normalized spacial score (nSPS) is 17.6. The Morgan fingerprint density at radius 2 is 1.90 bits per heavy atom. The van der Waals surface area contributed by atoms with Gasteiger partial charge in [0.25, 0.3) is 0 Å². The minimum atomic E-state index is 0.186. The van der Waals surface area contributed by atoms with Crippen LogP contribution in [0.25, 0.3) is 6.08 Å². The van der Waals surface area contributed by atoms with Crippen molar-refractivity contribution in [2.24, 2.45) is 0 Å². The van der Waals surface area contributed by atoms with Crippen LogP contribution in [-0.4, -0.2) is 12.4 Å². The summed E-state index contributed by atoms with van der Waals surface area (Å²) in [5.74, 6) is 1.96. The summed E-state index contributed by atoms with van der Waals surface area (Å²) in [6.07, 6.45) is 1.84. The van der Waals surface area contributed by atoms with Gasteiger partial charge < -0.3 is 9.47 Å². The number of benzene rings is 2. The van der Waals surface area contributed by atoms with E-state index in [1.807, 2.05) is 42.1 Å². The van der Waals surface area contributed by atoms with E-state index in [-0.39, 0.29) is 5.44 Å². The van der Waals surface area contributed by atoms with E-state index < -0.39 is 0 Å². The summed E-state index contributed by atoms with van der Waals surface area (Å²) in [5.41, 5.74) is 3.67. The van der Waals surface area contributed by atoms with Crippen molar-refractivity contribution in [1.29, 1.82) is 0 Å². The van der Waals surface area contributed by atoms with Crippen LogP contribution in [0.15, 0.2) is 55.1 Å². The van der Waals surface area contributed by atoms with E-state index in [9.17, 15) is 0 Å². The van der Waals surface area contributed by atoms with Crippen LogP contribution in [0.2, 0.25) is 0 Å². The number of hydrogen-bond acceptors (Lipinski definition) is 3. The molecule has 0 radical (unpaired) electrons. The third-order valence-electron chi connectivity index (χ3n) is 3.39. The number of hydrogen-bond donors (Lipinski definition) is 0. The zero-order chi connectivity index (χ0) is 14.5. The van der Waals surface area contributed by atoms with Gasteiger partial charge in [-0.05, 0) is 28.8 Å². The second kappa shape index (κ2) is 6.83. The van der Waals surface area contributed by atoms with Gasteiger partial charge >= 0.3 is 0 Å². The van der Waals surface area contributed by atoms with Gasteiger partial charge in [0.1, 0.15) is 17.8 Å². The van der Waals surface area contributed by atoms with Crippen molar-refractivity contribution in [3.63, 3.8) is 0 Å². The summed E-state index contributed by atoms with van der Waals surface area (Å²) in [6, 6.07) is 16.4. The first-order valence-electron chi connectivity index (χ1n) is 7.02. The molecular formula is C18H18O2S. The summed E-state index contributed by atoms with van der Waals surface area (Å²) in [7, 11) is 0. The highest BCUT2D eigenvalue weighted by atomic mass is 32.2. The Hall–Kier alpha value is -1.71. The van der Waals surface area contributed by atoms with E-state index in [0.717, 1.165) is 29.2 Å². The fourth-order valence-corrected chi connectivity index (χ4v) is 3.14. The van der Waals surface area contributed by atoms with Gasteiger partial charge in [-0.25, -0.2) is 0 Å². The standard InChI is InChI=1S/C18H18O2S/c1-2-14-3-5-15(6-4-14)13-20-17-9-7-16(8-10-17)18-19-11-12-21-18/h2-10,18H,1,11-13H2. The van der Waals surface area contributed by atoms with Crippen LogP contribution in [-0.2, 0) is 11.3 Å². The second-order valence-corrected chi connectivity index (χ2v) is 6.05. The van der Waals surface area contributed by atoms with Crippen molar-refractivity contribution >= 4 is 17.8 Å². The average Bonchev–Trinajstić information content (AvgIpc) is 3.08. The molecule has 1 saturated heterocycles. The highest BCUT2D eigenvalue weighted by molar-refractivity contribution is 7.99. The lowest BCUT2D eigenvalue weighted by molar-refractivity contribution is 0.145. The van der Waals surface area contributed by atoms with Gasteiger partial charge in [-0.3, -0.25) is 0 Å². The predicted octanol–water partition coefficient (Wildman–Crippen LogP) is 4.67. The molecule has 0 bridgehead atoms. The fraction of sp³-hybridized carbons (Fsp3) is 0.222. The fourth-order valence-electron chi connectivity index (χ4n) is 2.19. The zero-order valence-corrected chi connectivity index (χ0v) is 12.6. The molecule has 0 amide bonds. The molecule has 0 spiro atoms. The molecule has 0 aromatic heterocycles. The Morgan fingerprint density at radius 3 is 2.52 bits per heavy atom. The SMILES string of the molecule is C=Cc1ccc(COc2ccc(C3OCCS3)cc2)cc1. The third-order valence-corrected chi connectivity index (χ3v) is 4.51. The zero-order valence-electron chi connectivity index (χ0n) is 11.8. The van der Waals surface area contributed by atoms with Crippen LogP contribution in [0.4, 0.5) is 0 Å². The van der Waals surface area contributed by atoms with Gasteiger partial charge in [0.2, 0.25) is 0 Å². The van der Waals surface area contributed by atoms with Gasteiger partial charge in [0.05, 0.1) is 6.61 Å². The van der Waals surface area contributed by atoms with Crippen molar-refractivity contribution in [3.8, 4) is 5.75 Å². The first-order chi connectivity index (χ1) is 10.3. The molecule has 3 heteroatoms. The molecule has 1 aliphatic rings. The van der Waals surface area contributed by atoms with Gasteiger partial charge in [-0.2, -0.15) is 0 Å². The molecule has 1 aliphatic heterocycles. The predicted molar refractivity (Wildman–Crippen MR) is 88.5 cm³/mol. The van der Waals surface area contributed by atoms with Crippen LogP contribution >= 0.6 is 11.8 Å². The molecule has 108 valence electrons. The smallest absolute Gasteiger partial charge is 0.128 e. The molecule has 1 unspecified atom stereocenters. The van der Waals surface area contributed by atoms with Crippen molar-refractivity contribution in [2.45, 2.75) is 12.0 Å². The maximum atomic E-state index is 5.81. The van der Waals surface area contributed by atoms with Crippen LogP contribution in [0.5, 0.6) is 5.75 Å². The quantitative estimate of drug-likeness (QED) is 0.799. The van der Waals surface area contributed by atoms with Gasteiger partial charge in [-0.1, -0.05) is 49.1 Å². The van der Waals surface area contributed by atoms with Crippen molar-refractivity contribution < 1.29 is 9.47 Å². The number of rotatable bonds is 5. The Labute approximate surface area is 129 Å². The van der Waals surface area contributed by atoms with E-state index in [1.54, 1.807) is 0 Å². The molecule has 2 aromatic rings. The Balaban J connectivity index is 1.58. The molecule has 0 saturated carbocycles. The maximum absolute atomic E-state index is 5.81. The lowest BCUT2D eigenvalue weighted by atomic mass is 10.1. The topological polar surface area (TPSA) is 18.5 Å². The van der Waals surface area contributed by atoms with Gasteiger partial charge in [0, 0.05) is 5.75 Å². The van der Waals surface area contributed by atoms with Gasteiger partial charge in [0.15, 0.2) is 0 Å². The third kappa shape index (κ3) is 3.69. The molecule has 1 atom stereocenters. The maximum Gasteiger partial charge on any atom is 0.128 e. The van der Waals surface area contributed by atoms with Crippen LogP contribution in [0.1, 0.15) is 22.1 Å². The van der Waals surface area contributed by atoms with Gasteiger partial charge in [-0.15, -0.1) is 11.8 Å². The molecule has 2 aromatic carbocycles. The van der Waals surface area contributed by atoms with Crippen molar-refractivity contribution in [2.75, 3.05) is 12.4 Å². The summed E-state index contributed by atoms with van der Waals surface area (Å²) >= 11 is 1.84. The number of thioether (sulfide) groups is 1. The Kier molecular flexibility index (Phi) is 4.63. The molecular weight excluding hydrogens is 280 g/mol. The van der Waals surface area contributed by atoms with Crippen LogP contribution in [0, 0.1) is 0 Å². The highest BCUT2D eigenvalue weighted by Gasteiger charge is 2.17. The molecule has 1 heterocycles. The largest absolute Gasteiger partial charge is 0.489 e. The average molecular weight is 298 g/mol. The Bertz CT molecular complexity index is 584. The van der Waals surface area contributed by atoms with E-state index in [0.29, 0.717) is 6.61 Å². The second-order valence-electron chi connectivity index (χ2n) is 4.88. The lowest BCUT2D eigenvalue weighted by Crippen LogP contribution is -1.96. The van der Waals surface area contributed by atoms with Crippen LogP contribution in [0.3, 0.4) is 0 Å². The summed E-state index contributed by atoms with van der Waals surface area (Å²) in [6.45, 7) is 5.17. The molecule has 2 nitrogen and oxygen atoms in total. The Morgan fingerprint density at radius 1 is 1.14 bits per heavy atom. The van der Waals surface area contributed by atoms with Crippen LogP contribution < -0.4 is 4.74 Å². The summed E-state index contributed by atoms with van der Waals surface area (Å²) < 4.78 is 11.5. The molecule has 21 heavy (non-hydrogen) atoms. The van der Waals surface area contributed by atoms with Crippen molar-refractivity contribution in [3.05, 3.63) is 71.8 Å². The molecule has 0 aliphatic carbocycles. The van der Waals surface area contributed by atoms with E-state index >= 15 is 0 Å². The van der Waals surface area contributed by atoms with Crippen molar-refractivity contribution in [1.82, 2.24) is 0 Å². The minimum Gasteiger partial charge on any atom is -0.489 e. The first kappa shape index (κ1) is 14.2. The minimum absolute atomic E-state index is 0.186. The lowest BCUT2D eigenvalue weighted by Gasteiger charge is -2.11. The molecule has 1 fully saturated rings. The van der Waals surface area contributed by atoms with E-state index in [2.05, 4.69) is 30.8 Å². The summed E-state index contributed by atoms with van der Waals surface area (Å²) in [5, 5.41) is 0. The molecule has 0 N–H and O–H groups in total. The molecule has 3 rings (SSSR count). The van der Waals surface area contributed by atoms with E-state index in [4.69, 9.17) is 9.47 Å². The monoisotopic (exact) mass is 298 g/mol. The number of ether oxygens (including phenoxy) is 2. The highest BCUT2D eigenvalue weighted by Crippen LogP contribution is 2.35. The first-order valence-corrected chi connectivity index (χ1v) is 8.07. The summed E-state index contributed by atoms with van der Waals surface area (Å²) in [4.78, 5) is 0. The van der Waals surface area contributed by atoms with E-state index in [1.165, 1.54) is 5.56 Å².